The number of pyridine rings is 1. The van der Waals surface area contributed by atoms with Gasteiger partial charge in [-0.2, -0.15) is 24.2 Å². The van der Waals surface area contributed by atoms with Crippen LogP contribution in [0.1, 0.15) is 17.1 Å². The second kappa shape index (κ2) is 7.85. The van der Waals surface area contributed by atoms with E-state index in [0.717, 1.165) is 23.1 Å². The Hall–Kier alpha value is -3.89. The number of nitrogens with one attached hydrogen (secondary N) is 2. The van der Waals surface area contributed by atoms with Crippen LogP contribution >= 0.6 is 23.1 Å². The van der Waals surface area contributed by atoms with Crippen LogP contribution in [0.3, 0.4) is 0 Å². The highest BCUT2D eigenvalue weighted by molar-refractivity contribution is 7.11. The van der Waals surface area contributed by atoms with Crippen LogP contribution in [-0.2, 0) is 0 Å². The van der Waals surface area contributed by atoms with Gasteiger partial charge in [-0.15, -0.1) is 0 Å². The number of aromatic nitrogens is 4. The van der Waals surface area contributed by atoms with Crippen molar-refractivity contribution in [1.82, 2.24) is 18.7 Å². The van der Waals surface area contributed by atoms with E-state index in [4.69, 9.17) is 5.26 Å². The summed E-state index contributed by atoms with van der Waals surface area (Å²) in [5.74, 6) is 0.554. The van der Waals surface area contributed by atoms with Crippen LogP contribution < -0.4 is 32.4 Å². The molecule has 0 atom stereocenters. The molecule has 4 rings (SSSR count). The normalized spacial score (nSPS) is 12.3. The van der Waals surface area contributed by atoms with Crippen LogP contribution in [0.5, 0.6) is 0 Å². The molecule has 3 aromatic heterocycles. The van der Waals surface area contributed by atoms with Gasteiger partial charge < -0.3 is 0 Å². The molecule has 0 aliphatic heterocycles. The molecule has 1 aromatic carbocycles. The molecule has 0 fully saturated rings. The van der Waals surface area contributed by atoms with Crippen LogP contribution in [0.2, 0.25) is 0 Å². The first-order valence-corrected chi connectivity index (χ1v) is 9.93. The lowest BCUT2D eigenvalue weighted by atomic mass is 10.2. The molecule has 13 heteroatoms. The van der Waals surface area contributed by atoms with Crippen molar-refractivity contribution < 1.29 is 0 Å². The zero-order chi connectivity index (χ0) is 21.3. The molecule has 2 N–H and O–H groups in total. The van der Waals surface area contributed by atoms with Crippen LogP contribution in [0.25, 0.3) is 11.0 Å². The third kappa shape index (κ3) is 3.69. The molecule has 0 aliphatic carbocycles. The summed E-state index contributed by atoms with van der Waals surface area (Å²) in [5.41, 5.74) is 6.22. The first-order valence-electron chi connectivity index (χ1n) is 8.38. The molecule has 30 heavy (non-hydrogen) atoms. The molecule has 0 aliphatic rings. The van der Waals surface area contributed by atoms with Crippen LogP contribution in [0, 0.1) is 25.2 Å². The molecule has 3 heterocycles. The maximum atomic E-state index is 12.6. The Morgan fingerprint density at radius 2 is 1.90 bits per heavy atom. The first-order chi connectivity index (χ1) is 14.5. The van der Waals surface area contributed by atoms with Crippen LogP contribution in [0.4, 0.5) is 10.1 Å². The van der Waals surface area contributed by atoms with E-state index >= 15 is 0 Å². The van der Waals surface area contributed by atoms with Gasteiger partial charge in [0.1, 0.15) is 28.3 Å². The summed E-state index contributed by atoms with van der Waals surface area (Å²) in [7, 11) is 0. The lowest BCUT2D eigenvalue weighted by Crippen LogP contribution is -2.47. The van der Waals surface area contributed by atoms with E-state index in [-0.39, 0.29) is 10.7 Å². The van der Waals surface area contributed by atoms with Gasteiger partial charge in [0.2, 0.25) is 16.0 Å². The lowest BCUT2D eigenvalue weighted by molar-refractivity contribution is 1.09. The third-order valence-corrected chi connectivity index (χ3v) is 5.37. The highest BCUT2D eigenvalue weighted by Gasteiger charge is 2.11. The summed E-state index contributed by atoms with van der Waals surface area (Å²) in [5, 5.41) is 17.6. The second-order valence-corrected chi connectivity index (χ2v) is 7.49. The van der Waals surface area contributed by atoms with Gasteiger partial charge in [0.15, 0.2) is 10.4 Å². The van der Waals surface area contributed by atoms with E-state index in [1.807, 2.05) is 0 Å². The second-order valence-electron chi connectivity index (χ2n) is 5.97. The number of fused-ring (bicyclic) bond motifs is 1. The maximum absolute atomic E-state index is 12.6. The molecular formula is C17H11N9O2S2. The van der Waals surface area contributed by atoms with Gasteiger partial charge in [0.05, 0.1) is 11.3 Å². The van der Waals surface area contributed by atoms with Crippen molar-refractivity contribution in [2.75, 3.05) is 10.9 Å². The molecule has 0 amide bonds. The van der Waals surface area contributed by atoms with Crippen LogP contribution in [-0.4, -0.2) is 18.7 Å². The Labute approximate surface area is 175 Å². The van der Waals surface area contributed by atoms with E-state index in [2.05, 4.69) is 45.8 Å². The Morgan fingerprint density at radius 3 is 2.63 bits per heavy atom. The molecule has 148 valence electrons. The molecule has 0 unspecified atom stereocenters. The van der Waals surface area contributed by atoms with Gasteiger partial charge in [-0.25, -0.2) is 9.97 Å². The lowest BCUT2D eigenvalue weighted by Gasteiger charge is -1.98. The standard InChI is InChI=1S/C17H11N9O2S2/c1-7-9(6-18)5-11-13(19-7)16(29-26-11)23-21-10-3-4-12(27)14(15(10)28)22-24-17-20-8(2)25-30-17/h3-5,23H,1-2H3,(H,20,24,25). The third-order valence-electron chi connectivity index (χ3n) is 3.91. The quantitative estimate of drug-likeness (QED) is 0.433. The Bertz CT molecular complexity index is 1540. The highest BCUT2D eigenvalue weighted by atomic mass is 32.1. The largest absolute Gasteiger partial charge is 0.287 e. The number of anilines is 2. The Morgan fingerprint density at radius 1 is 1.07 bits per heavy atom. The average molecular weight is 437 g/mol. The summed E-state index contributed by atoms with van der Waals surface area (Å²) in [6.07, 6.45) is 0. The summed E-state index contributed by atoms with van der Waals surface area (Å²) in [6, 6.07) is 6.22. The fourth-order valence-electron chi connectivity index (χ4n) is 2.45. The summed E-state index contributed by atoms with van der Waals surface area (Å²) in [6.45, 7) is 3.44. The SMILES string of the molecule is Cc1nsc(NN=c2c(=O)ccc(=NNc3snc4cc(C#N)c(C)nc34)c2=O)n1. The number of benzene rings is 1. The zero-order valence-electron chi connectivity index (χ0n) is 15.5. The predicted octanol–water partition coefficient (Wildman–Crippen LogP) is 0.483. The highest BCUT2D eigenvalue weighted by Crippen LogP contribution is 2.27. The smallest absolute Gasteiger partial charge is 0.237 e. The first kappa shape index (κ1) is 19.4. The van der Waals surface area contributed by atoms with E-state index < -0.39 is 10.9 Å². The number of nitriles is 1. The van der Waals surface area contributed by atoms with Gasteiger partial charge in [-0.3, -0.25) is 20.4 Å². The van der Waals surface area contributed by atoms with Crippen molar-refractivity contribution in [3.8, 4) is 6.07 Å². The molecule has 0 saturated heterocycles. The summed E-state index contributed by atoms with van der Waals surface area (Å²) in [4.78, 5) is 33.1. The molecule has 0 saturated carbocycles. The number of hydrogen-bond acceptors (Lipinski definition) is 13. The monoisotopic (exact) mass is 437 g/mol. The van der Waals surface area contributed by atoms with Crippen LogP contribution in [0.15, 0.2) is 38.0 Å². The Balaban J connectivity index is 1.71. The number of nitrogens with zero attached hydrogens (tertiary/aromatic N) is 7. The molecule has 0 radical (unpaired) electrons. The van der Waals surface area contributed by atoms with Crippen molar-refractivity contribution in [3.05, 3.63) is 66.4 Å². The maximum Gasteiger partial charge on any atom is 0.237 e. The fraction of sp³-hybridized carbons (Fsp3) is 0.118. The molecule has 0 bridgehead atoms. The average Bonchev–Trinajstić information content (AvgIpc) is 3.32. The minimum absolute atomic E-state index is 0.00416. The van der Waals surface area contributed by atoms with Gasteiger partial charge in [-0.1, -0.05) is 0 Å². The fourth-order valence-corrected chi connectivity index (χ4v) is 3.62. The molecule has 0 spiro atoms. The van der Waals surface area contributed by atoms with Crippen molar-refractivity contribution in [2.24, 2.45) is 10.2 Å². The minimum atomic E-state index is -0.645. The molecule has 11 nitrogen and oxygen atoms in total. The molecule has 4 aromatic rings. The van der Waals surface area contributed by atoms with E-state index in [1.54, 1.807) is 19.9 Å². The van der Waals surface area contributed by atoms with Crippen molar-refractivity contribution in [2.45, 2.75) is 13.8 Å². The Kier molecular flexibility index (Phi) is 5.09. The van der Waals surface area contributed by atoms with Crippen molar-refractivity contribution in [3.63, 3.8) is 0 Å². The summed E-state index contributed by atoms with van der Waals surface area (Å²) >= 11 is 2.15. The number of hydrogen-bond donors (Lipinski definition) is 2. The topological polar surface area (TPSA) is 158 Å². The van der Waals surface area contributed by atoms with Gasteiger partial charge >= 0.3 is 0 Å². The minimum Gasteiger partial charge on any atom is -0.287 e. The molecular weight excluding hydrogens is 426 g/mol. The number of rotatable bonds is 4. The predicted molar refractivity (Wildman–Crippen MR) is 111 cm³/mol. The number of aryl methyl sites for hydroxylation is 2. The van der Waals surface area contributed by atoms with Gasteiger partial charge in [0, 0.05) is 11.5 Å². The summed E-state index contributed by atoms with van der Waals surface area (Å²) < 4.78 is 8.22. The van der Waals surface area contributed by atoms with Crippen molar-refractivity contribution >= 4 is 44.2 Å². The van der Waals surface area contributed by atoms with Gasteiger partial charge in [-0.05, 0) is 43.6 Å². The van der Waals surface area contributed by atoms with E-state index in [9.17, 15) is 9.59 Å². The van der Waals surface area contributed by atoms with Gasteiger partial charge in [0.25, 0.3) is 0 Å². The van der Waals surface area contributed by atoms with E-state index in [1.165, 1.54) is 12.1 Å². The van der Waals surface area contributed by atoms with E-state index in [0.29, 0.717) is 38.2 Å². The van der Waals surface area contributed by atoms with Crippen molar-refractivity contribution in [1.29, 1.82) is 5.26 Å². The zero-order valence-corrected chi connectivity index (χ0v) is 17.1.